The molecule has 78 heavy (non-hydrogen) atoms. The van der Waals surface area contributed by atoms with Crippen LogP contribution in [0.4, 0.5) is 0 Å². The van der Waals surface area contributed by atoms with Crippen molar-refractivity contribution in [2.75, 3.05) is 26.4 Å². The smallest absolute Gasteiger partial charge is 0.397 e. The monoisotopic (exact) mass is 1140 g/mol. The van der Waals surface area contributed by atoms with E-state index in [1.54, 1.807) is 6.08 Å². The van der Waals surface area contributed by atoms with Crippen molar-refractivity contribution in [1.82, 2.24) is 21.3 Å². The fourth-order valence-electron chi connectivity index (χ4n) is 9.29. The minimum absolute atomic E-state index is 0.541. The van der Waals surface area contributed by atoms with Gasteiger partial charge in [-0.1, -0.05) is 50.8 Å². The number of aliphatic hydroxyl groups excluding tert-OH is 8. The molecule has 20 atom stereocenters. The minimum atomic E-state index is -5.16. The molecule has 29 nitrogen and oxygen atoms in total. The van der Waals surface area contributed by atoms with Gasteiger partial charge < -0.3 is 100 Å². The summed E-state index contributed by atoms with van der Waals surface area (Å²) in [7, 11) is -5.16. The van der Waals surface area contributed by atoms with Crippen LogP contribution in [0.3, 0.4) is 0 Å². The number of ether oxygens (including phenoxy) is 8. The van der Waals surface area contributed by atoms with E-state index in [9.17, 15) is 77.8 Å². The van der Waals surface area contributed by atoms with Gasteiger partial charge >= 0.3 is 16.4 Å². The third kappa shape index (κ3) is 20.3. The maximum Gasteiger partial charge on any atom is 0.397 e. The molecule has 0 aliphatic carbocycles. The van der Waals surface area contributed by atoms with Gasteiger partial charge in [-0.15, -0.1) is 0 Å². The first-order valence-corrected chi connectivity index (χ1v) is 27.3. The molecule has 4 fully saturated rings. The van der Waals surface area contributed by atoms with E-state index in [4.69, 9.17) is 37.9 Å². The Bertz CT molecular complexity index is 2070. The fraction of sp³-hybridized carbons (Fsp3) is 0.812. The number of hydrogen-bond acceptors (Lipinski definition) is 24. The van der Waals surface area contributed by atoms with Gasteiger partial charge in [0, 0.05) is 27.7 Å². The topological polar surface area (TPSA) is 433 Å². The molecule has 0 aromatic carbocycles. The lowest BCUT2D eigenvalue weighted by Gasteiger charge is -2.51. The number of rotatable bonds is 29. The van der Waals surface area contributed by atoms with Gasteiger partial charge in [-0.05, 0) is 44.6 Å². The van der Waals surface area contributed by atoms with Gasteiger partial charge in [-0.25, -0.2) is 4.18 Å². The molecule has 4 aliphatic rings. The molecule has 0 bridgehead atoms. The lowest BCUT2D eigenvalue weighted by Crippen LogP contribution is -2.71. The van der Waals surface area contributed by atoms with E-state index < -0.39 is 189 Å². The zero-order valence-electron chi connectivity index (χ0n) is 44.2. The largest absolute Gasteiger partial charge is 0.463 e. The lowest BCUT2D eigenvalue weighted by molar-refractivity contribution is -0.361. The second-order valence-corrected chi connectivity index (χ2v) is 20.5. The van der Waals surface area contributed by atoms with Gasteiger partial charge in [0.15, 0.2) is 25.2 Å². The summed E-state index contributed by atoms with van der Waals surface area (Å²) in [6.45, 7) is 2.60. The van der Waals surface area contributed by atoms with E-state index in [-0.39, 0.29) is 0 Å². The van der Waals surface area contributed by atoms with Crippen molar-refractivity contribution in [2.24, 2.45) is 0 Å². The average Bonchev–Trinajstić information content (AvgIpc) is 3.44. The van der Waals surface area contributed by atoms with Crippen LogP contribution in [0.2, 0.25) is 0 Å². The molecule has 0 aromatic heterocycles. The summed E-state index contributed by atoms with van der Waals surface area (Å²) in [5.41, 5.74) is 0. The summed E-state index contributed by atoms with van der Waals surface area (Å²) in [5, 5.41) is 99.3. The molecule has 0 saturated carbocycles. The number of amides is 4. The van der Waals surface area contributed by atoms with E-state index in [1.807, 2.05) is 0 Å². The Kier molecular flexibility index (Phi) is 27.8. The Morgan fingerprint density at radius 1 is 0.513 bits per heavy atom. The normalized spacial score (nSPS) is 35.5. The molecular formula is C48H80N4O25S. The van der Waals surface area contributed by atoms with Gasteiger partial charge in [0.1, 0.15) is 104 Å². The first kappa shape index (κ1) is 66.6. The van der Waals surface area contributed by atoms with Gasteiger partial charge in [0.05, 0.1) is 19.8 Å². The molecule has 448 valence electrons. The Morgan fingerprint density at radius 2 is 0.936 bits per heavy atom. The van der Waals surface area contributed by atoms with E-state index in [1.165, 1.54) is 31.8 Å². The molecular weight excluding hydrogens is 1060 g/mol. The van der Waals surface area contributed by atoms with Crippen LogP contribution in [-0.2, 0) is 76.4 Å². The minimum Gasteiger partial charge on any atom is -0.463 e. The van der Waals surface area contributed by atoms with Crippen LogP contribution in [0.5, 0.6) is 0 Å². The summed E-state index contributed by atoms with van der Waals surface area (Å²) in [6, 6.07) is -6.73. The van der Waals surface area contributed by atoms with Gasteiger partial charge in [-0.3, -0.25) is 28.5 Å². The standard InChI is InChI=1S/C48H80N4O25S/c1-6-7-8-9-10-11-12-13-14-15-16-17-18-19-32(59)52-34-38(61)37(60)30(22-69-27(5)58)74-46(34)75-42-28(20-53)72-47(35(40(42)63)50-25(3)56)76-43-29(21-54)73-48(36(41(43)64)51-26(4)57)77-44-31(23-70-78(66,67)68)71-45(65)33(39(44)62)49-24(2)55/h11-12,18-19,28-31,33-48,53-54,60-65H,6-10,13-17,20-23H2,1-5H3,(H,49,55)(H,50,56)(H,51,57)(H,52,59)(H,66,67,68)/b12-11-,19-18+/t28-,29?,30?,31-,33?,34?,35?,36?,37+,38-,39?,40?,41-,42-,43+,44-,45?,46+,47-,48+/m1/s1. The Balaban J connectivity index is 1.56. The summed E-state index contributed by atoms with van der Waals surface area (Å²) in [4.78, 5) is 62.4. The molecule has 0 spiro atoms. The molecule has 30 heteroatoms. The van der Waals surface area contributed by atoms with E-state index >= 15 is 0 Å². The average molecular weight is 1150 g/mol. The highest BCUT2D eigenvalue weighted by atomic mass is 32.3. The zero-order chi connectivity index (χ0) is 57.9. The molecule has 4 amide bonds. The first-order valence-electron chi connectivity index (χ1n) is 26.0. The van der Waals surface area contributed by atoms with Crippen LogP contribution >= 0.6 is 0 Å². The number of nitrogens with one attached hydrogen (secondary N) is 4. The predicted octanol–water partition coefficient (Wildman–Crippen LogP) is -3.76. The van der Waals surface area contributed by atoms with E-state index in [0.29, 0.717) is 6.42 Å². The van der Waals surface area contributed by atoms with Crippen molar-refractivity contribution in [3.63, 3.8) is 0 Å². The SMILES string of the molecule is CCCCCC/C=C\CCCCC/C=C/C(=O)NC1[C@H](O[C@H]2C(O)C(NC(C)=O)[C@@H](O[C@H]3C(CO)O[C@@H](O[C@H]4C(O)C(NC(C)=O)C(O)O[C@@H]4COS(=O)(=O)O)C(NC(C)=O)[C@H]3O)O[C@@H]2CO)OC(COC(C)=O)[C@H](O)[C@@H]1O. The molecule has 4 heterocycles. The lowest BCUT2D eigenvalue weighted by atomic mass is 9.93. The van der Waals surface area contributed by atoms with Crippen molar-refractivity contribution in [3.8, 4) is 0 Å². The zero-order valence-corrected chi connectivity index (χ0v) is 45.0. The molecule has 4 rings (SSSR count). The Labute approximate surface area is 452 Å². The van der Waals surface area contributed by atoms with Crippen molar-refractivity contribution in [1.29, 1.82) is 0 Å². The first-order chi connectivity index (χ1) is 36.9. The van der Waals surface area contributed by atoms with Gasteiger partial charge in [0.25, 0.3) is 0 Å². The highest BCUT2D eigenvalue weighted by Crippen LogP contribution is 2.35. The highest BCUT2D eigenvalue weighted by Gasteiger charge is 2.56. The highest BCUT2D eigenvalue weighted by molar-refractivity contribution is 7.80. The van der Waals surface area contributed by atoms with Crippen LogP contribution in [0.1, 0.15) is 98.8 Å². The van der Waals surface area contributed by atoms with Crippen molar-refractivity contribution >= 4 is 40.0 Å². The van der Waals surface area contributed by atoms with Crippen LogP contribution in [0.15, 0.2) is 24.3 Å². The summed E-state index contributed by atoms with van der Waals surface area (Å²) < 4.78 is 83.2. The Morgan fingerprint density at radius 3 is 1.38 bits per heavy atom. The number of carbonyl (C=O) groups is 5. The third-order valence-corrected chi connectivity index (χ3v) is 13.6. The number of unbranched alkanes of at least 4 members (excludes halogenated alkanes) is 8. The molecule has 0 aromatic rings. The number of carbonyl (C=O) groups excluding carboxylic acids is 5. The van der Waals surface area contributed by atoms with E-state index in [0.717, 1.165) is 59.8 Å². The van der Waals surface area contributed by atoms with Crippen molar-refractivity contribution in [2.45, 2.75) is 221 Å². The van der Waals surface area contributed by atoms with Crippen molar-refractivity contribution < 1.29 is 120 Å². The van der Waals surface area contributed by atoms with Gasteiger partial charge in [0.2, 0.25) is 23.6 Å². The van der Waals surface area contributed by atoms with Gasteiger partial charge in [-0.2, -0.15) is 8.42 Å². The van der Waals surface area contributed by atoms with Crippen molar-refractivity contribution in [3.05, 3.63) is 24.3 Å². The third-order valence-electron chi connectivity index (χ3n) is 13.1. The number of allylic oxidation sites excluding steroid dienone is 3. The molecule has 0 radical (unpaired) electrons. The van der Waals surface area contributed by atoms with E-state index in [2.05, 4.69) is 44.5 Å². The Hall–Kier alpha value is -3.90. The molecule has 4 aliphatic heterocycles. The van der Waals surface area contributed by atoms with Crippen LogP contribution in [-0.4, -0.2) is 232 Å². The molecule has 9 unspecified atom stereocenters. The van der Waals surface area contributed by atoms with Crippen LogP contribution in [0.25, 0.3) is 0 Å². The quantitative estimate of drug-likeness (QED) is 0.0112. The summed E-state index contributed by atoms with van der Waals surface area (Å²) in [5.74, 6) is -3.92. The fourth-order valence-corrected chi connectivity index (χ4v) is 9.60. The molecule has 13 N–H and O–H groups in total. The summed E-state index contributed by atoms with van der Waals surface area (Å²) >= 11 is 0. The maximum atomic E-state index is 13.3. The number of hydrogen-bond donors (Lipinski definition) is 13. The van der Waals surface area contributed by atoms with Crippen LogP contribution < -0.4 is 21.3 Å². The predicted molar refractivity (Wildman–Crippen MR) is 265 cm³/mol. The number of esters is 1. The molecule has 4 saturated heterocycles. The second-order valence-electron chi connectivity index (χ2n) is 19.4. The maximum absolute atomic E-state index is 13.3. The second kappa shape index (κ2) is 32.5. The van der Waals surface area contributed by atoms with Crippen LogP contribution in [0, 0.1) is 0 Å². The number of aliphatic hydroxyl groups is 8. The summed E-state index contributed by atoms with van der Waals surface area (Å²) in [6.07, 6.45) is -12.2.